The summed E-state index contributed by atoms with van der Waals surface area (Å²) in [6.07, 6.45) is -3.92. The Morgan fingerprint density at radius 3 is 2.42 bits per heavy atom. The Bertz CT molecular complexity index is 1210. The van der Waals surface area contributed by atoms with Gasteiger partial charge in [0.1, 0.15) is 5.82 Å². The molecule has 0 radical (unpaired) electrons. The lowest BCUT2D eigenvalue weighted by atomic mass is 9.97. The number of alkyl halides is 3. The first-order valence-electron chi connectivity index (χ1n) is 9.51. The van der Waals surface area contributed by atoms with Crippen molar-refractivity contribution in [1.29, 1.82) is 0 Å². The molecule has 1 atom stereocenters. The number of hydrogen-bond acceptors (Lipinski definition) is 4. The number of ether oxygens (including phenoxy) is 1. The first-order valence-corrected chi connectivity index (χ1v) is 9.51. The van der Waals surface area contributed by atoms with Crippen LogP contribution in [0.1, 0.15) is 27.5 Å². The zero-order valence-corrected chi connectivity index (χ0v) is 16.8. The molecule has 0 aliphatic heterocycles. The number of nitrogens with one attached hydrogen (secondary N) is 1. The minimum atomic E-state index is -5.11. The number of amides is 1. The summed E-state index contributed by atoms with van der Waals surface area (Å²) in [6, 6.07) is 8.81. The predicted octanol–water partition coefficient (Wildman–Crippen LogP) is 3.54. The summed E-state index contributed by atoms with van der Waals surface area (Å²) in [5.41, 5.74) is -0.599. The van der Waals surface area contributed by atoms with Crippen LogP contribution in [0.25, 0.3) is 0 Å². The summed E-state index contributed by atoms with van der Waals surface area (Å²) < 4.78 is 70.8. The maximum absolute atomic E-state index is 14.5. The smallest absolute Gasteiger partial charge is 0.403 e. The van der Waals surface area contributed by atoms with Crippen molar-refractivity contribution in [2.75, 3.05) is 6.61 Å². The van der Waals surface area contributed by atoms with E-state index in [0.717, 1.165) is 28.8 Å². The highest BCUT2D eigenvalue weighted by molar-refractivity contribution is 5.94. The third kappa shape index (κ3) is 5.95. The average molecular weight is 468 g/mol. The van der Waals surface area contributed by atoms with Gasteiger partial charge in [-0.1, -0.05) is 24.3 Å². The molecule has 1 amide bonds. The van der Waals surface area contributed by atoms with E-state index in [1.54, 1.807) is 0 Å². The summed E-state index contributed by atoms with van der Waals surface area (Å²) in [5.74, 6) is -3.96. The number of aromatic nitrogens is 1. The van der Waals surface area contributed by atoms with Crippen LogP contribution in [0.3, 0.4) is 0 Å². The van der Waals surface area contributed by atoms with Gasteiger partial charge in [0.15, 0.2) is 11.6 Å². The molecular weight excluding hydrogens is 451 g/mol. The average Bonchev–Trinajstić information content (AvgIpc) is 2.75. The number of carbonyl (C=O) groups is 1. The molecule has 0 unspecified atom stereocenters. The zero-order valence-electron chi connectivity index (χ0n) is 16.8. The van der Waals surface area contributed by atoms with Gasteiger partial charge in [0, 0.05) is 24.4 Å². The molecule has 0 fully saturated rings. The molecule has 3 aromatic rings. The lowest BCUT2D eigenvalue weighted by Gasteiger charge is -2.21. The molecule has 0 aliphatic carbocycles. The highest BCUT2D eigenvalue weighted by Gasteiger charge is 2.33. The minimum Gasteiger partial charge on any atom is -0.403 e. The van der Waals surface area contributed by atoms with Crippen LogP contribution in [0.5, 0.6) is 5.75 Å². The zero-order chi connectivity index (χ0) is 24.2. The highest BCUT2D eigenvalue weighted by atomic mass is 19.4. The number of benzene rings is 2. The third-order valence-corrected chi connectivity index (χ3v) is 4.59. The molecule has 0 saturated carbocycles. The van der Waals surface area contributed by atoms with Crippen molar-refractivity contribution < 1.29 is 36.6 Å². The van der Waals surface area contributed by atoms with Gasteiger partial charge in [-0.2, -0.15) is 0 Å². The Morgan fingerprint density at radius 2 is 1.79 bits per heavy atom. The largest absolute Gasteiger partial charge is 0.573 e. The molecule has 2 N–H and O–H groups in total. The molecular formula is C22H17F5N2O4. The van der Waals surface area contributed by atoms with E-state index >= 15 is 0 Å². The van der Waals surface area contributed by atoms with Gasteiger partial charge in [-0.15, -0.1) is 13.2 Å². The van der Waals surface area contributed by atoms with Gasteiger partial charge in [-0.05, 0) is 29.8 Å². The summed E-state index contributed by atoms with van der Waals surface area (Å²) in [7, 11) is 0. The van der Waals surface area contributed by atoms with Crippen molar-refractivity contribution in [3.05, 3.63) is 99.5 Å². The van der Waals surface area contributed by atoms with Crippen molar-refractivity contribution in [3.8, 4) is 5.75 Å². The van der Waals surface area contributed by atoms with Gasteiger partial charge in [0.05, 0.1) is 18.2 Å². The fourth-order valence-electron chi connectivity index (χ4n) is 3.12. The van der Waals surface area contributed by atoms with Crippen LogP contribution in [0, 0.1) is 11.6 Å². The summed E-state index contributed by atoms with van der Waals surface area (Å²) in [6.45, 7) is -0.420. The van der Waals surface area contributed by atoms with Gasteiger partial charge in [0.25, 0.3) is 11.5 Å². The number of rotatable bonds is 7. The Balaban J connectivity index is 1.99. The van der Waals surface area contributed by atoms with Crippen LogP contribution in [-0.2, 0) is 6.54 Å². The third-order valence-electron chi connectivity index (χ3n) is 4.59. The number of halogens is 5. The van der Waals surface area contributed by atoms with E-state index in [1.165, 1.54) is 30.5 Å². The lowest BCUT2D eigenvalue weighted by Crippen LogP contribution is -2.31. The van der Waals surface area contributed by atoms with Crippen LogP contribution in [0.15, 0.2) is 65.6 Å². The molecule has 3 rings (SSSR count). The molecule has 0 bridgehead atoms. The molecule has 6 nitrogen and oxygen atoms in total. The second-order valence-corrected chi connectivity index (χ2v) is 6.84. The highest BCUT2D eigenvalue weighted by Crippen LogP contribution is 2.31. The van der Waals surface area contributed by atoms with E-state index in [0.29, 0.717) is 6.07 Å². The van der Waals surface area contributed by atoms with Gasteiger partial charge < -0.3 is 19.7 Å². The van der Waals surface area contributed by atoms with Crippen molar-refractivity contribution in [2.24, 2.45) is 0 Å². The number of nitrogens with zero attached hydrogens (tertiary/aromatic N) is 1. The van der Waals surface area contributed by atoms with Gasteiger partial charge in [-0.3, -0.25) is 9.59 Å². The fraction of sp³-hybridized carbons (Fsp3) is 0.182. The molecule has 0 spiro atoms. The number of aliphatic hydroxyl groups is 1. The minimum absolute atomic E-state index is 0.0121. The molecule has 1 aromatic heterocycles. The fourth-order valence-corrected chi connectivity index (χ4v) is 3.12. The van der Waals surface area contributed by atoms with Gasteiger partial charge in [-0.25, -0.2) is 8.78 Å². The quantitative estimate of drug-likeness (QED) is 0.520. The Hall–Kier alpha value is -3.73. The molecule has 174 valence electrons. The molecule has 11 heteroatoms. The number of aliphatic hydroxyl groups excluding tert-OH is 1. The van der Waals surface area contributed by atoms with Crippen molar-refractivity contribution >= 4 is 5.91 Å². The standard InChI is InChI=1S/C22H17F5N2O4/c23-16-4-2-1-3-15(16)20(13-5-7-18(17(24)11-13)33-22(25,26)27)28-21(32)14-6-8-19(31)29(12-14)9-10-30/h1-8,11-12,20,30H,9-10H2,(H,28,32)/t20-/m0/s1. The topological polar surface area (TPSA) is 80.6 Å². The van der Waals surface area contributed by atoms with Gasteiger partial charge >= 0.3 is 6.36 Å². The van der Waals surface area contributed by atoms with Crippen LogP contribution in [-0.4, -0.2) is 28.6 Å². The molecule has 2 aromatic carbocycles. The Labute approximate surface area is 183 Å². The van der Waals surface area contributed by atoms with Crippen molar-refractivity contribution in [1.82, 2.24) is 9.88 Å². The monoisotopic (exact) mass is 468 g/mol. The lowest BCUT2D eigenvalue weighted by molar-refractivity contribution is -0.275. The van der Waals surface area contributed by atoms with E-state index in [4.69, 9.17) is 5.11 Å². The second kappa shape index (κ2) is 9.82. The number of pyridine rings is 1. The summed E-state index contributed by atoms with van der Waals surface area (Å²) in [5, 5.41) is 11.6. The molecule has 1 heterocycles. The normalized spacial score (nSPS) is 12.3. The van der Waals surface area contributed by atoms with Crippen molar-refractivity contribution in [2.45, 2.75) is 18.9 Å². The van der Waals surface area contributed by atoms with E-state index in [-0.39, 0.29) is 29.8 Å². The van der Waals surface area contributed by atoms with Crippen LogP contribution >= 0.6 is 0 Å². The molecule has 0 aliphatic rings. The summed E-state index contributed by atoms with van der Waals surface area (Å²) in [4.78, 5) is 24.6. The Kier molecular flexibility index (Phi) is 7.12. The number of carbonyl (C=O) groups excluding carboxylic acids is 1. The van der Waals surface area contributed by atoms with Crippen LogP contribution in [0.4, 0.5) is 22.0 Å². The van der Waals surface area contributed by atoms with E-state index in [9.17, 15) is 31.5 Å². The SMILES string of the molecule is O=C(N[C@@H](c1ccc(OC(F)(F)F)c(F)c1)c1ccccc1F)c1ccc(=O)n(CCO)c1. The van der Waals surface area contributed by atoms with Crippen molar-refractivity contribution in [3.63, 3.8) is 0 Å². The predicted molar refractivity (Wildman–Crippen MR) is 107 cm³/mol. The van der Waals surface area contributed by atoms with E-state index in [2.05, 4.69) is 10.1 Å². The van der Waals surface area contributed by atoms with Crippen LogP contribution in [0.2, 0.25) is 0 Å². The number of hydrogen-bond donors (Lipinski definition) is 2. The van der Waals surface area contributed by atoms with E-state index < -0.39 is 41.3 Å². The second-order valence-electron chi connectivity index (χ2n) is 6.84. The molecule has 33 heavy (non-hydrogen) atoms. The first kappa shape index (κ1) is 23.9. The van der Waals surface area contributed by atoms with Gasteiger partial charge in [0.2, 0.25) is 0 Å². The maximum atomic E-state index is 14.5. The maximum Gasteiger partial charge on any atom is 0.573 e. The van der Waals surface area contributed by atoms with Crippen LogP contribution < -0.4 is 15.6 Å². The first-order chi connectivity index (χ1) is 15.6. The van der Waals surface area contributed by atoms with E-state index in [1.807, 2.05) is 0 Å². The molecule has 0 saturated heterocycles. The summed E-state index contributed by atoms with van der Waals surface area (Å²) >= 11 is 0. The Morgan fingerprint density at radius 1 is 1.06 bits per heavy atom.